The van der Waals surface area contributed by atoms with Gasteiger partial charge in [0.2, 0.25) is 0 Å². The zero-order valence-corrected chi connectivity index (χ0v) is 14.0. The van der Waals surface area contributed by atoms with Gasteiger partial charge in [0, 0.05) is 24.7 Å². The predicted molar refractivity (Wildman–Crippen MR) is 93.5 cm³/mol. The fraction of sp³-hybridized carbons (Fsp3) is 0.333. The number of amides is 1. The number of H-pyrrole nitrogens is 1. The molecular weight excluding hydrogens is 318 g/mol. The Balaban J connectivity index is 1.65. The molecule has 1 aliphatic rings. The van der Waals surface area contributed by atoms with Crippen LogP contribution in [0.4, 0.5) is 0 Å². The van der Waals surface area contributed by atoms with Crippen LogP contribution in [-0.4, -0.2) is 43.9 Å². The van der Waals surface area contributed by atoms with Gasteiger partial charge in [0.1, 0.15) is 0 Å². The first-order valence-corrected chi connectivity index (χ1v) is 8.41. The van der Waals surface area contributed by atoms with Crippen LogP contribution in [0.5, 0.6) is 0 Å². The maximum atomic E-state index is 13.0. The summed E-state index contributed by atoms with van der Waals surface area (Å²) in [4.78, 5) is 26.7. The van der Waals surface area contributed by atoms with Crippen molar-refractivity contribution in [2.24, 2.45) is 0 Å². The molecule has 7 nitrogen and oxygen atoms in total. The van der Waals surface area contributed by atoms with Crippen LogP contribution in [0, 0.1) is 6.92 Å². The van der Waals surface area contributed by atoms with E-state index in [9.17, 15) is 9.59 Å². The highest BCUT2D eigenvalue weighted by molar-refractivity contribution is 6.04. The second-order valence-corrected chi connectivity index (χ2v) is 6.49. The van der Waals surface area contributed by atoms with Gasteiger partial charge in [-0.3, -0.25) is 14.3 Å². The van der Waals surface area contributed by atoms with Gasteiger partial charge in [0.05, 0.1) is 17.6 Å². The maximum absolute atomic E-state index is 13.0. The Hall–Kier alpha value is -2.96. The van der Waals surface area contributed by atoms with E-state index in [1.165, 1.54) is 0 Å². The molecule has 1 atom stereocenters. The molecule has 4 rings (SSSR count). The molecule has 3 heterocycles. The van der Waals surface area contributed by atoms with Crippen LogP contribution < -0.4 is 5.56 Å². The molecule has 1 saturated heterocycles. The first kappa shape index (κ1) is 15.6. The van der Waals surface area contributed by atoms with Gasteiger partial charge in [-0.1, -0.05) is 18.2 Å². The van der Waals surface area contributed by atoms with Crippen LogP contribution in [0.15, 0.2) is 41.5 Å². The lowest BCUT2D eigenvalue weighted by Gasteiger charge is -2.32. The van der Waals surface area contributed by atoms with E-state index in [2.05, 4.69) is 15.3 Å². The highest BCUT2D eigenvalue weighted by Crippen LogP contribution is 2.23. The summed E-state index contributed by atoms with van der Waals surface area (Å²) < 4.78 is 1.94. The standard InChI is InChI=1S/C18H19N5O2/c1-12-9-19-23(10-12)13-5-4-8-22(11-13)18(25)16-14-6-2-3-7-15(14)17(24)21-20-16/h2-3,6-7,9-10,13H,4-5,8,11H2,1H3,(H,21,24)/t13-/m0/s1. The lowest BCUT2D eigenvalue weighted by Crippen LogP contribution is -2.41. The largest absolute Gasteiger partial charge is 0.335 e. The van der Waals surface area contributed by atoms with E-state index < -0.39 is 0 Å². The Bertz CT molecular complexity index is 990. The zero-order valence-electron chi connectivity index (χ0n) is 14.0. The van der Waals surface area contributed by atoms with Crippen molar-refractivity contribution >= 4 is 16.7 Å². The Labute approximate surface area is 144 Å². The molecule has 128 valence electrons. The Morgan fingerprint density at radius 1 is 1.28 bits per heavy atom. The Morgan fingerprint density at radius 2 is 2.08 bits per heavy atom. The average molecular weight is 337 g/mol. The van der Waals surface area contributed by atoms with Gasteiger partial charge in [-0.05, 0) is 31.4 Å². The summed E-state index contributed by atoms with van der Waals surface area (Å²) in [6.45, 7) is 3.28. The van der Waals surface area contributed by atoms with E-state index in [1.54, 1.807) is 23.1 Å². The zero-order chi connectivity index (χ0) is 17.4. The summed E-state index contributed by atoms with van der Waals surface area (Å²) in [6.07, 6.45) is 5.74. The van der Waals surface area contributed by atoms with Crippen LogP contribution in [0.3, 0.4) is 0 Å². The van der Waals surface area contributed by atoms with E-state index in [0.717, 1.165) is 18.4 Å². The van der Waals surface area contributed by atoms with E-state index in [1.807, 2.05) is 30.1 Å². The third-order valence-corrected chi connectivity index (χ3v) is 4.69. The van der Waals surface area contributed by atoms with Crippen LogP contribution in [0.25, 0.3) is 10.8 Å². The lowest BCUT2D eigenvalue weighted by atomic mass is 10.0. The molecule has 1 amide bonds. The van der Waals surface area contributed by atoms with Crippen LogP contribution >= 0.6 is 0 Å². The number of rotatable bonds is 2. The molecule has 3 aromatic rings. The molecule has 0 spiro atoms. The second kappa shape index (κ2) is 6.16. The number of likely N-dealkylation sites (tertiary alicyclic amines) is 1. The van der Waals surface area contributed by atoms with Gasteiger partial charge in [-0.15, -0.1) is 0 Å². The number of benzene rings is 1. The van der Waals surface area contributed by atoms with Gasteiger partial charge >= 0.3 is 0 Å². The number of carbonyl (C=O) groups excluding carboxylic acids is 1. The van der Waals surface area contributed by atoms with Crippen molar-refractivity contribution in [3.8, 4) is 0 Å². The average Bonchev–Trinajstić information content (AvgIpc) is 3.08. The normalized spacial score (nSPS) is 17.8. The molecule has 1 aromatic carbocycles. The number of aryl methyl sites for hydroxylation is 1. The molecule has 1 aliphatic heterocycles. The van der Waals surface area contributed by atoms with E-state index >= 15 is 0 Å². The lowest BCUT2D eigenvalue weighted by molar-refractivity contribution is 0.0668. The van der Waals surface area contributed by atoms with Crippen molar-refractivity contribution in [1.82, 2.24) is 24.9 Å². The van der Waals surface area contributed by atoms with E-state index in [0.29, 0.717) is 29.6 Å². The fourth-order valence-corrected chi connectivity index (χ4v) is 3.42. The number of hydrogen-bond acceptors (Lipinski definition) is 4. The third-order valence-electron chi connectivity index (χ3n) is 4.69. The highest BCUT2D eigenvalue weighted by Gasteiger charge is 2.28. The summed E-state index contributed by atoms with van der Waals surface area (Å²) in [7, 11) is 0. The van der Waals surface area contributed by atoms with Gasteiger partial charge in [-0.25, -0.2) is 5.10 Å². The molecule has 1 N–H and O–H groups in total. The predicted octanol–water partition coefficient (Wildman–Crippen LogP) is 1.91. The van der Waals surface area contributed by atoms with Gasteiger partial charge in [-0.2, -0.15) is 10.2 Å². The number of aromatic nitrogens is 4. The Kier molecular flexibility index (Phi) is 3.83. The minimum absolute atomic E-state index is 0.152. The van der Waals surface area contributed by atoms with Crippen molar-refractivity contribution < 1.29 is 4.79 Å². The number of hydrogen-bond donors (Lipinski definition) is 1. The number of fused-ring (bicyclic) bond motifs is 1. The van der Waals surface area contributed by atoms with E-state index in [4.69, 9.17) is 0 Å². The third kappa shape index (κ3) is 2.82. The van der Waals surface area contributed by atoms with Crippen molar-refractivity contribution in [1.29, 1.82) is 0 Å². The summed E-state index contributed by atoms with van der Waals surface area (Å²) in [5, 5.41) is 11.9. The van der Waals surface area contributed by atoms with Crippen molar-refractivity contribution in [3.63, 3.8) is 0 Å². The smallest absolute Gasteiger partial charge is 0.275 e. The molecular formula is C18H19N5O2. The highest BCUT2D eigenvalue weighted by atomic mass is 16.2. The molecule has 0 radical (unpaired) electrons. The van der Waals surface area contributed by atoms with Crippen LogP contribution in [-0.2, 0) is 0 Å². The van der Waals surface area contributed by atoms with E-state index in [-0.39, 0.29) is 17.5 Å². The molecule has 0 bridgehead atoms. The molecule has 7 heteroatoms. The van der Waals surface area contributed by atoms with Gasteiger partial charge in [0.15, 0.2) is 5.69 Å². The summed E-state index contributed by atoms with van der Waals surface area (Å²) >= 11 is 0. The van der Waals surface area contributed by atoms with Crippen molar-refractivity contribution in [2.45, 2.75) is 25.8 Å². The van der Waals surface area contributed by atoms with Crippen molar-refractivity contribution in [2.75, 3.05) is 13.1 Å². The SMILES string of the molecule is Cc1cnn([C@H]2CCCN(C(=O)c3n[nH]c(=O)c4ccccc34)C2)c1. The van der Waals surface area contributed by atoms with Gasteiger partial charge in [0.25, 0.3) is 11.5 Å². The number of aromatic amines is 1. The number of piperidine rings is 1. The van der Waals surface area contributed by atoms with Gasteiger partial charge < -0.3 is 4.90 Å². The molecule has 0 unspecified atom stereocenters. The summed E-state index contributed by atoms with van der Waals surface area (Å²) in [5.41, 5.74) is 1.12. The minimum Gasteiger partial charge on any atom is -0.335 e. The molecule has 0 aliphatic carbocycles. The molecule has 25 heavy (non-hydrogen) atoms. The topological polar surface area (TPSA) is 83.9 Å². The van der Waals surface area contributed by atoms with Crippen molar-refractivity contribution in [3.05, 3.63) is 58.3 Å². The first-order chi connectivity index (χ1) is 12.1. The minimum atomic E-state index is -0.282. The number of nitrogens with one attached hydrogen (secondary N) is 1. The number of nitrogens with zero attached hydrogens (tertiary/aromatic N) is 4. The summed E-state index contributed by atoms with van der Waals surface area (Å²) in [5.74, 6) is -0.152. The van der Waals surface area contributed by atoms with Crippen LogP contribution in [0.1, 0.15) is 34.9 Å². The molecule has 0 saturated carbocycles. The fourth-order valence-electron chi connectivity index (χ4n) is 3.42. The summed E-state index contributed by atoms with van der Waals surface area (Å²) in [6, 6.07) is 7.23. The quantitative estimate of drug-likeness (QED) is 0.774. The monoisotopic (exact) mass is 337 g/mol. The molecule has 1 fully saturated rings. The first-order valence-electron chi connectivity index (χ1n) is 8.41. The molecule has 2 aromatic heterocycles. The second-order valence-electron chi connectivity index (χ2n) is 6.49. The van der Waals surface area contributed by atoms with Crippen LogP contribution in [0.2, 0.25) is 0 Å². The maximum Gasteiger partial charge on any atom is 0.275 e. The Morgan fingerprint density at radius 3 is 2.84 bits per heavy atom. The number of carbonyl (C=O) groups is 1.